The number of aromatic nitrogens is 1. The Morgan fingerprint density at radius 3 is 2.44 bits per heavy atom. The van der Waals surface area contributed by atoms with Crippen LogP contribution in [0, 0.1) is 0 Å². The summed E-state index contributed by atoms with van der Waals surface area (Å²) in [6, 6.07) is 23.2. The highest BCUT2D eigenvalue weighted by molar-refractivity contribution is 7.14. The Kier molecular flexibility index (Phi) is 5.93. The van der Waals surface area contributed by atoms with Crippen LogP contribution in [0.1, 0.15) is 33.2 Å². The predicted molar refractivity (Wildman–Crippen MR) is 133 cm³/mol. The van der Waals surface area contributed by atoms with Crippen LogP contribution in [-0.4, -0.2) is 23.3 Å². The number of hydrogen-bond donors (Lipinski definition) is 1. The minimum atomic E-state index is -0.300. The summed E-state index contributed by atoms with van der Waals surface area (Å²) >= 11 is 1.31. The van der Waals surface area contributed by atoms with Gasteiger partial charge in [0, 0.05) is 27.5 Å². The lowest BCUT2D eigenvalue weighted by atomic mass is 10.0. The second kappa shape index (κ2) is 9.33. The second-order valence-corrected chi connectivity index (χ2v) is 8.37. The molecule has 1 N–H and O–H groups in total. The van der Waals surface area contributed by atoms with Gasteiger partial charge in [-0.05, 0) is 43.3 Å². The first-order valence-corrected chi connectivity index (χ1v) is 11.6. The van der Waals surface area contributed by atoms with Gasteiger partial charge in [-0.2, -0.15) is 0 Å². The molecule has 0 unspecified atom stereocenters. The molecule has 6 nitrogen and oxygen atoms in total. The standard InChI is InChI=1S/C27H20N2O4S/c1-2-32-21-12-13-23-20(14-21)15-24(33-23)22-16-34-27(28-22)29-26(31)19-10-8-18(9-11-19)25(30)17-6-4-3-5-7-17/h3-16H,2H2,1H3,(H,28,29,31). The fourth-order valence-electron chi connectivity index (χ4n) is 3.55. The molecule has 0 saturated carbocycles. The number of anilines is 1. The third kappa shape index (κ3) is 4.46. The molecule has 0 bridgehead atoms. The number of ether oxygens (including phenoxy) is 1. The second-order valence-electron chi connectivity index (χ2n) is 7.51. The Labute approximate surface area is 199 Å². The van der Waals surface area contributed by atoms with Crippen molar-refractivity contribution in [3.05, 3.63) is 101 Å². The molecule has 0 atom stereocenters. The van der Waals surface area contributed by atoms with E-state index in [1.165, 1.54) is 11.3 Å². The average Bonchev–Trinajstić information content (AvgIpc) is 3.51. The molecule has 7 heteroatoms. The van der Waals surface area contributed by atoms with E-state index < -0.39 is 0 Å². The first-order chi connectivity index (χ1) is 16.6. The van der Waals surface area contributed by atoms with Gasteiger partial charge in [-0.15, -0.1) is 11.3 Å². The summed E-state index contributed by atoms with van der Waals surface area (Å²) in [6.45, 7) is 2.53. The third-order valence-corrected chi connectivity index (χ3v) is 5.98. The number of benzene rings is 3. The Bertz CT molecular complexity index is 1470. The van der Waals surface area contributed by atoms with E-state index in [2.05, 4.69) is 10.3 Å². The van der Waals surface area contributed by atoms with Gasteiger partial charge in [-0.1, -0.05) is 42.5 Å². The topological polar surface area (TPSA) is 81.4 Å². The van der Waals surface area contributed by atoms with Crippen LogP contribution in [0.4, 0.5) is 5.13 Å². The number of ketones is 1. The fourth-order valence-corrected chi connectivity index (χ4v) is 4.24. The average molecular weight is 469 g/mol. The van der Waals surface area contributed by atoms with Gasteiger partial charge in [-0.25, -0.2) is 4.98 Å². The van der Waals surface area contributed by atoms with E-state index in [0.29, 0.717) is 39.9 Å². The molecule has 34 heavy (non-hydrogen) atoms. The van der Waals surface area contributed by atoms with Gasteiger partial charge in [0.1, 0.15) is 17.0 Å². The summed E-state index contributed by atoms with van der Waals surface area (Å²) in [4.78, 5) is 29.7. The largest absolute Gasteiger partial charge is 0.494 e. The maximum absolute atomic E-state index is 12.7. The Hall–Kier alpha value is -4.23. The summed E-state index contributed by atoms with van der Waals surface area (Å²) in [5, 5.41) is 6.02. The van der Waals surface area contributed by atoms with E-state index in [4.69, 9.17) is 9.15 Å². The van der Waals surface area contributed by atoms with Crippen LogP contribution >= 0.6 is 11.3 Å². The molecule has 0 radical (unpaired) electrons. The van der Waals surface area contributed by atoms with Gasteiger partial charge in [0.15, 0.2) is 16.7 Å². The molecule has 0 aliphatic heterocycles. The monoisotopic (exact) mass is 468 g/mol. The molecule has 0 spiro atoms. The highest BCUT2D eigenvalue weighted by Crippen LogP contribution is 2.32. The van der Waals surface area contributed by atoms with Crippen molar-refractivity contribution in [3.8, 4) is 17.2 Å². The van der Waals surface area contributed by atoms with E-state index >= 15 is 0 Å². The van der Waals surface area contributed by atoms with E-state index in [1.54, 1.807) is 36.4 Å². The van der Waals surface area contributed by atoms with Crippen LogP contribution < -0.4 is 10.1 Å². The van der Waals surface area contributed by atoms with E-state index in [1.807, 2.05) is 54.8 Å². The summed E-state index contributed by atoms with van der Waals surface area (Å²) in [5.74, 6) is 1.01. The maximum Gasteiger partial charge on any atom is 0.257 e. The zero-order chi connectivity index (χ0) is 23.5. The summed E-state index contributed by atoms with van der Waals surface area (Å²) in [6.07, 6.45) is 0. The van der Waals surface area contributed by atoms with Crippen molar-refractivity contribution < 1.29 is 18.7 Å². The summed E-state index contributed by atoms with van der Waals surface area (Å²) < 4.78 is 11.4. The lowest BCUT2D eigenvalue weighted by Gasteiger charge is -2.04. The van der Waals surface area contributed by atoms with Crippen molar-refractivity contribution in [1.29, 1.82) is 0 Å². The zero-order valence-electron chi connectivity index (χ0n) is 18.3. The van der Waals surface area contributed by atoms with Gasteiger partial charge >= 0.3 is 0 Å². The van der Waals surface area contributed by atoms with Crippen molar-refractivity contribution in [2.45, 2.75) is 6.92 Å². The molecule has 1 amide bonds. The smallest absolute Gasteiger partial charge is 0.257 e. The van der Waals surface area contributed by atoms with Gasteiger partial charge in [0.25, 0.3) is 5.91 Å². The lowest BCUT2D eigenvalue weighted by molar-refractivity contribution is 0.102. The van der Waals surface area contributed by atoms with Gasteiger partial charge in [0.05, 0.1) is 6.61 Å². The molecular formula is C27H20N2O4S. The normalized spacial score (nSPS) is 10.9. The minimum Gasteiger partial charge on any atom is -0.494 e. The van der Waals surface area contributed by atoms with Crippen molar-refractivity contribution in [2.75, 3.05) is 11.9 Å². The van der Waals surface area contributed by atoms with Crippen molar-refractivity contribution in [2.24, 2.45) is 0 Å². The van der Waals surface area contributed by atoms with E-state index in [0.717, 1.165) is 16.7 Å². The van der Waals surface area contributed by atoms with Crippen molar-refractivity contribution in [3.63, 3.8) is 0 Å². The molecular weight excluding hydrogens is 448 g/mol. The van der Waals surface area contributed by atoms with Gasteiger partial charge < -0.3 is 9.15 Å². The molecule has 3 aromatic carbocycles. The van der Waals surface area contributed by atoms with Gasteiger partial charge in [-0.3, -0.25) is 14.9 Å². The van der Waals surface area contributed by atoms with Crippen molar-refractivity contribution in [1.82, 2.24) is 4.98 Å². The Morgan fingerprint density at radius 2 is 1.68 bits per heavy atom. The summed E-state index contributed by atoms with van der Waals surface area (Å²) in [5.41, 5.74) is 2.94. The highest BCUT2D eigenvalue weighted by atomic mass is 32.1. The van der Waals surface area contributed by atoms with Gasteiger partial charge in [0.2, 0.25) is 0 Å². The number of carbonyl (C=O) groups excluding carboxylic acids is 2. The first-order valence-electron chi connectivity index (χ1n) is 10.7. The molecule has 0 fully saturated rings. The molecule has 2 heterocycles. The number of nitrogens with one attached hydrogen (secondary N) is 1. The SMILES string of the molecule is CCOc1ccc2oc(-c3csc(NC(=O)c4ccc(C(=O)c5ccccc5)cc4)n3)cc2c1. The number of carbonyl (C=O) groups is 2. The molecule has 168 valence electrons. The number of amides is 1. The molecule has 2 aromatic heterocycles. The highest BCUT2D eigenvalue weighted by Gasteiger charge is 2.15. The molecule has 0 saturated heterocycles. The maximum atomic E-state index is 12.7. The fraction of sp³-hybridized carbons (Fsp3) is 0.0741. The number of rotatable bonds is 7. The minimum absolute atomic E-state index is 0.0867. The first kappa shape index (κ1) is 21.6. The number of thiazole rings is 1. The molecule has 0 aliphatic carbocycles. The third-order valence-electron chi connectivity index (χ3n) is 5.22. The Balaban J connectivity index is 1.28. The molecule has 0 aliphatic rings. The number of hydrogen-bond acceptors (Lipinski definition) is 6. The predicted octanol–water partition coefficient (Wildman–Crippen LogP) is 6.44. The van der Waals surface area contributed by atoms with Crippen LogP contribution in [0.15, 0.2) is 88.7 Å². The summed E-state index contributed by atoms with van der Waals surface area (Å²) in [7, 11) is 0. The molecule has 5 rings (SSSR count). The number of nitrogens with zero attached hydrogens (tertiary/aromatic N) is 1. The van der Waals surface area contributed by atoms with Crippen LogP contribution in [0.5, 0.6) is 5.75 Å². The zero-order valence-corrected chi connectivity index (χ0v) is 19.1. The number of furan rings is 1. The Morgan fingerprint density at radius 1 is 0.941 bits per heavy atom. The number of fused-ring (bicyclic) bond motifs is 1. The molecule has 5 aromatic rings. The lowest BCUT2D eigenvalue weighted by Crippen LogP contribution is -2.12. The van der Waals surface area contributed by atoms with Crippen molar-refractivity contribution >= 4 is 39.1 Å². The van der Waals surface area contributed by atoms with Crippen LogP contribution in [0.2, 0.25) is 0 Å². The quantitative estimate of drug-likeness (QED) is 0.278. The van der Waals surface area contributed by atoms with Crippen LogP contribution in [0.3, 0.4) is 0 Å². The van der Waals surface area contributed by atoms with E-state index in [-0.39, 0.29) is 11.7 Å². The van der Waals surface area contributed by atoms with Crippen LogP contribution in [-0.2, 0) is 0 Å². The van der Waals surface area contributed by atoms with Crippen LogP contribution in [0.25, 0.3) is 22.4 Å². The van der Waals surface area contributed by atoms with E-state index in [9.17, 15) is 9.59 Å².